The van der Waals surface area contributed by atoms with Gasteiger partial charge in [-0.1, -0.05) is 27.5 Å². The molecular weight excluding hydrogens is 277 g/mol. The molecule has 1 aromatic carbocycles. The average molecular weight is 287 g/mol. The van der Waals surface area contributed by atoms with Crippen LogP contribution in [0.15, 0.2) is 28.7 Å². The number of nitrogens with zero attached hydrogens (tertiary/aromatic N) is 1. The number of aromatic nitrogens is 1. The van der Waals surface area contributed by atoms with Crippen LogP contribution in [0.5, 0.6) is 0 Å². The maximum Gasteiger partial charge on any atom is 0.129 e. The van der Waals surface area contributed by atoms with Crippen LogP contribution in [0.3, 0.4) is 0 Å². The standard InChI is InChI=1S/C11H9BrClNO/c1-15-6-7-4-8(12)5-10-9(7)2-3-11(13)14-10/h2-5H,6H2,1H3. The van der Waals surface area contributed by atoms with E-state index in [0.29, 0.717) is 11.8 Å². The summed E-state index contributed by atoms with van der Waals surface area (Å²) < 4.78 is 6.12. The largest absolute Gasteiger partial charge is 0.380 e. The Morgan fingerprint density at radius 3 is 2.93 bits per heavy atom. The van der Waals surface area contributed by atoms with Crippen molar-refractivity contribution in [3.05, 3.63) is 39.5 Å². The molecule has 0 amide bonds. The molecule has 2 rings (SSSR count). The van der Waals surface area contributed by atoms with Crippen molar-refractivity contribution in [3.63, 3.8) is 0 Å². The number of hydrogen-bond donors (Lipinski definition) is 0. The second kappa shape index (κ2) is 4.47. The van der Waals surface area contributed by atoms with Crippen LogP contribution in [0.1, 0.15) is 5.56 Å². The van der Waals surface area contributed by atoms with Gasteiger partial charge >= 0.3 is 0 Å². The Bertz CT molecular complexity index is 496. The minimum Gasteiger partial charge on any atom is -0.380 e. The third-order valence-electron chi connectivity index (χ3n) is 2.12. The lowest BCUT2D eigenvalue weighted by Gasteiger charge is -2.06. The van der Waals surface area contributed by atoms with Gasteiger partial charge in [0.15, 0.2) is 0 Å². The van der Waals surface area contributed by atoms with Crippen LogP contribution < -0.4 is 0 Å². The highest BCUT2D eigenvalue weighted by molar-refractivity contribution is 9.10. The summed E-state index contributed by atoms with van der Waals surface area (Å²) >= 11 is 9.28. The third-order valence-corrected chi connectivity index (χ3v) is 2.79. The molecule has 0 aliphatic carbocycles. The molecule has 0 atom stereocenters. The molecule has 1 aromatic heterocycles. The van der Waals surface area contributed by atoms with Crippen molar-refractivity contribution in [2.45, 2.75) is 6.61 Å². The Morgan fingerprint density at radius 2 is 2.20 bits per heavy atom. The summed E-state index contributed by atoms with van der Waals surface area (Å²) in [6.07, 6.45) is 0. The smallest absolute Gasteiger partial charge is 0.129 e. The molecular formula is C11H9BrClNO. The molecule has 0 unspecified atom stereocenters. The van der Waals surface area contributed by atoms with Crippen molar-refractivity contribution >= 4 is 38.4 Å². The van der Waals surface area contributed by atoms with E-state index >= 15 is 0 Å². The lowest BCUT2D eigenvalue weighted by atomic mass is 10.1. The van der Waals surface area contributed by atoms with E-state index in [9.17, 15) is 0 Å². The van der Waals surface area contributed by atoms with Gasteiger partial charge in [0, 0.05) is 17.0 Å². The molecule has 2 aromatic rings. The summed E-state index contributed by atoms with van der Waals surface area (Å²) in [6.45, 7) is 0.569. The first-order valence-electron chi connectivity index (χ1n) is 4.44. The number of rotatable bonds is 2. The Hall–Kier alpha value is -0.640. The summed E-state index contributed by atoms with van der Waals surface area (Å²) in [5.41, 5.74) is 1.98. The molecule has 0 saturated carbocycles. The van der Waals surface area contributed by atoms with Crippen LogP contribution in [-0.2, 0) is 11.3 Å². The number of methoxy groups -OCH3 is 1. The van der Waals surface area contributed by atoms with E-state index in [1.807, 2.05) is 18.2 Å². The molecule has 0 N–H and O–H groups in total. The lowest BCUT2D eigenvalue weighted by molar-refractivity contribution is 0.186. The molecule has 0 radical (unpaired) electrons. The van der Waals surface area contributed by atoms with Crippen molar-refractivity contribution in [3.8, 4) is 0 Å². The maximum atomic E-state index is 5.84. The zero-order chi connectivity index (χ0) is 10.8. The van der Waals surface area contributed by atoms with Crippen LogP contribution in [0, 0.1) is 0 Å². The van der Waals surface area contributed by atoms with E-state index in [1.165, 1.54) is 0 Å². The number of hydrogen-bond acceptors (Lipinski definition) is 2. The van der Waals surface area contributed by atoms with Crippen LogP contribution in [0.2, 0.25) is 5.15 Å². The van der Waals surface area contributed by atoms with Gasteiger partial charge in [-0.3, -0.25) is 0 Å². The van der Waals surface area contributed by atoms with Crippen molar-refractivity contribution in [1.29, 1.82) is 0 Å². The quantitative estimate of drug-likeness (QED) is 0.784. The molecule has 15 heavy (non-hydrogen) atoms. The molecule has 4 heteroatoms. The molecule has 0 aliphatic heterocycles. The Kier molecular flexibility index (Phi) is 3.24. The van der Waals surface area contributed by atoms with Crippen LogP contribution >= 0.6 is 27.5 Å². The van der Waals surface area contributed by atoms with Crippen molar-refractivity contribution in [2.75, 3.05) is 7.11 Å². The lowest BCUT2D eigenvalue weighted by Crippen LogP contribution is -1.91. The fourth-order valence-electron chi connectivity index (χ4n) is 1.52. The highest BCUT2D eigenvalue weighted by Gasteiger charge is 2.04. The van der Waals surface area contributed by atoms with Crippen LogP contribution in [0.4, 0.5) is 0 Å². The molecule has 0 fully saturated rings. The topological polar surface area (TPSA) is 22.1 Å². The molecule has 0 bridgehead atoms. The van der Waals surface area contributed by atoms with Crippen molar-refractivity contribution in [2.24, 2.45) is 0 Å². The zero-order valence-corrected chi connectivity index (χ0v) is 10.5. The number of pyridine rings is 1. The van der Waals surface area contributed by atoms with Crippen LogP contribution in [0.25, 0.3) is 10.9 Å². The Morgan fingerprint density at radius 1 is 1.40 bits per heavy atom. The SMILES string of the molecule is COCc1cc(Br)cc2nc(Cl)ccc12. The van der Waals surface area contributed by atoms with Crippen molar-refractivity contribution < 1.29 is 4.74 Å². The maximum absolute atomic E-state index is 5.84. The van der Waals surface area contributed by atoms with E-state index in [2.05, 4.69) is 20.9 Å². The summed E-state index contributed by atoms with van der Waals surface area (Å²) in [6, 6.07) is 7.73. The number of benzene rings is 1. The van der Waals surface area contributed by atoms with Gasteiger partial charge in [-0.15, -0.1) is 0 Å². The van der Waals surface area contributed by atoms with Gasteiger partial charge in [-0.25, -0.2) is 4.98 Å². The first kappa shape index (κ1) is 10.9. The first-order valence-corrected chi connectivity index (χ1v) is 5.61. The van der Waals surface area contributed by atoms with Gasteiger partial charge in [0.05, 0.1) is 12.1 Å². The van der Waals surface area contributed by atoms with Gasteiger partial charge in [-0.05, 0) is 29.8 Å². The van der Waals surface area contributed by atoms with Gasteiger partial charge in [0.2, 0.25) is 0 Å². The molecule has 0 aliphatic rings. The normalized spacial score (nSPS) is 10.9. The van der Waals surface area contributed by atoms with Gasteiger partial charge in [-0.2, -0.15) is 0 Å². The minimum absolute atomic E-state index is 0.504. The highest BCUT2D eigenvalue weighted by Crippen LogP contribution is 2.25. The molecule has 78 valence electrons. The monoisotopic (exact) mass is 285 g/mol. The first-order chi connectivity index (χ1) is 7.20. The summed E-state index contributed by atoms with van der Waals surface area (Å²) in [5.74, 6) is 0. The second-order valence-corrected chi connectivity index (χ2v) is 4.50. The Balaban J connectivity index is 2.68. The Labute approximate surface area is 101 Å². The third kappa shape index (κ3) is 2.30. The summed E-state index contributed by atoms with van der Waals surface area (Å²) in [4.78, 5) is 4.26. The molecule has 0 saturated heterocycles. The fraction of sp³-hybridized carbons (Fsp3) is 0.182. The predicted octanol–water partition coefficient (Wildman–Crippen LogP) is 3.80. The summed E-state index contributed by atoms with van der Waals surface area (Å²) in [5, 5.41) is 1.58. The number of halogens is 2. The van der Waals surface area contributed by atoms with Gasteiger partial charge in [0.25, 0.3) is 0 Å². The average Bonchev–Trinajstić information content (AvgIpc) is 2.17. The molecule has 2 nitrogen and oxygen atoms in total. The van der Waals surface area contributed by atoms with Crippen molar-refractivity contribution in [1.82, 2.24) is 4.98 Å². The molecule has 1 heterocycles. The van der Waals surface area contributed by atoms with E-state index in [1.54, 1.807) is 13.2 Å². The predicted molar refractivity (Wildman–Crippen MR) is 65.2 cm³/mol. The molecule has 0 spiro atoms. The highest BCUT2D eigenvalue weighted by atomic mass is 79.9. The van der Waals surface area contributed by atoms with E-state index < -0.39 is 0 Å². The van der Waals surface area contributed by atoms with Crippen LogP contribution in [-0.4, -0.2) is 12.1 Å². The van der Waals surface area contributed by atoms with E-state index in [-0.39, 0.29) is 0 Å². The van der Waals surface area contributed by atoms with Gasteiger partial charge < -0.3 is 4.74 Å². The summed E-state index contributed by atoms with van der Waals surface area (Å²) in [7, 11) is 1.68. The number of ether oxygens (including phenoxy) is 1. The van der Waals surface area contributed by atoms with E-state index in [0.717, 1.165) is 20.9 Å². The zero-order valence-electron chi connectivity index (χ0n) is 8.13. The number of fused-ring (bicyclic) bond motifs is 1. The van der Waals surface area contributed by atoms with Gasteiger partial charge in [0.1, 0.15) is 5.15 Å². The van der Waals surface area contributed by atoms with E-state index in [4.69, 9.17) is 16.3 Å². The fourth-order valence-corrected chi connectivity index (χ4v) is 2.17. The second-order valence-electron chi connectivity index (χ2n) is 3.20. The minimum atomic E-state index is 0.504.